The first kappa shape index (κ1) is 18.0. The predicted molar refractivity (Wildman–Crippen MR) is 133 cm³/mol. The zero-order valence-electron chi connectivity index (χ0n) is 18.2. The van der Waals surface area contributed by atoms with Crippen LogP contribution < -0.4 is 0 Å². The third-order valence-electron chi connectivity index (χ3n) is 7.65. The Morgan fingerprint density at radius 1 is 0.625 bits per heavy atom. The molecule has 1 spiro atoms. The van der Waals surface area contributed by atoms with E-state index in [1.54, 1.807) is 0 Å². The van der Waals surface area contributed by atoms with Gasteiger partial charge < -0.3 is 0 Å². The van der Waals surface area contributed by atoms with Gasteiger partial charge in [0.1, 0.15) is 0 Å². The molecule has 3 aliphatic carbocycles. The maximum absolute atomic E-state index is 2.46. The molecule has 0 N–H and O–H groups in total. The van der Waals surface area contributed by atoms with E-state index in [-0.39, 0.29) is 5.41 Å². The molecule has 0 radical (unpaired) electrons. The van der Waals surface area contributed by atoms with Crippen LogP contribution in [-0.4, -0.2) is 0 Å². The van der Waals surface area contributed by atoms with Crippen molar-refractivity contribution >= 4 is 5.57 Å². The van der Waals surface area contributed by atoms with Crippen LogP contribution in [0.3, 0.4) is 0 Å². The fourth-order valence-corrected chi connectivity index (χ4v) is 6.36. The van der Waals surface area contributed by atoms with Gasteiger partial charge >= 0.3 is 0 Å². The number of fused-ring (bicyclic) bond motifs is 9. The molecule has 0 amide bonds. The molecule has 3 aliphatic rings. The van der Waals surface area contributed by atoms with Crippen molar-refractivity contribution in [2.24, 2.45) is 5.92 Å². The SMILES string of the molecule is CC1C=CC2=C(C1)c1ccccc1C21c2ccccc2-c2ccc(-c3ccccc3)cc21. The van der Waals surface area contributed by atoms with E-state index in [1.165, 1.54) is 55.7 Å². The Morgan fingerprint density at radius 2 is 1.28 bits per heavy atom. The van der Waals surface area contributed by atoms with Crippen molar-refractivity contribution in [1.29, 1.82) is 0 Å². The van der Waals surface area contributed by atoms with E-state index < -0.39 is 0 Å². The van der Waals surface area contributed by atoms with Gasteiger partial charge in [0.2, 0.25) is 0 Å². The van der Waals surface area contributed by atoms with Crippen molar-refractivity contribution in [2.45, 2.75) is 18.8 Å². The molecule has 0 heterocycles. The molecular weight excluding hydrogens is 384 g/mol. The highest BCUT2D eigenvalue weighted by Gasteiger charge is 2.52. The van der Waals surface area contributed by atoms with Crippen LogP contribution >= 0.6 is 0 Å². The minimum absolute atomic E-state index is 0.223. The number of allylic oxidation sites excluding steroid dienone is 4. The van der Waals surface area contributed by atoms with Crippen molar-refractivity contribution in [3.63, 3.8) is 0 Å². The summed E-state index contributed by atoms with van der Waals surface area (Å²) in [6.07, 6.45) is 5.96. The van der Waals surface area contributed by atoms with Gasteiger partial charge in [-0.1, -0.05) is 110 Å². The summed E-state index contributed by atoms with van der Waals surface area (Å²) in [5.74, 6) is 0.573. The van der Waals surface area contributed by atoms with E-state index in [1.807, 2.05) is 0 Å². The van der Waals surface area contributed by atoms with Gasteiger partial charge in [-0.15, -0.1) is 0 Å². The lowest BCUT2D eigenvalue weighted by molar-refractivity contribution is 0.725. The largest absolute Gasteiger partial charge is 0.0810 e. The molecule has 7 rings (SSSR count). The molecule has 0 saturated carbocycles. The maximum Gasteiger partial charge on any atom is 0.0722 e. The molecule has 0 aromatic heterocycles. The first-order valence-corrected chi connectivity index (χ1v) is 11.6. The maximum atomic E-state index is 2.46. The Balaban J connectivity index is 1.61. The average molecular weight is 409 g/mol. The highest BCUT2D eigenvalue weighted by molar-refractivity contribution is 5.96. The summed E-state index contributed by atoms with van der Waals surface area (Å²) >= 11 is 0. The molecule has 2 unspecified atom stereocenters. The van der Waals surface area contributed by atoms with Crippen molar-refractivity contribution in [3.05, 3.63) is 137 Å². The molecule has 0 fully saturated rings. The van der Waals surface area contributed by atoms with E-state index in [9.17, 15) is 0 Å². The van der Waals surface area contributed by atoms with Gasteiger partial charge in [0.25, 0.3) is 0 Å². The van der Waals surface area contributed by atoms with Gasteiger partial charge in [-0.2, -0.15) is 0 Å². The summed E-state index contributed by atoms with van der Waals surface area (Å²) < 4.78 is 0. The lowest BCUT2D eigenvalue weighted by Gasteiger charge is -2.32. The number of hydrogen-bond acceptors (Lipinski definition) is 0. The lowest BCUT2D eigenvalue weighted by atomic mass is 9.68. The van der Waals surface area contributed by atoms with Crippen molar-refractivity contribution in [3.8, 4) is 22.3 Å². The van der Waals surface area contributed by atoms with E-state index in [2.05, 4.69) is 116 Å². The summed E-state index contributed by atoms with van der Waals surface area (Å²) in [7, 11) is 0. The summed E-state index contributed by atoms with van der Waals surface area (Å²) in [6.45, 7) is 2.33. The van der Waals surface area contributed by atoms with Crippen LogP contribution in [0.25, 0.3) is 27.8 Å². The van der Waals surface area contributed by atoms with Crippen LogP contribution in [0.4, 0.5) is 0 Å². The molecule has 4 aromatic carbocycles. The van der Waals surface area contributed by atoms with Crippen molar-refractivity contribution < 1.29 is 0 Å². The summed E-state index contributed by atoms with van der Waals surface area (Å²) in [6, 6.07) is 36.1. The Bertz CT molecular complexity index is 1450. The van der Waals surface area contributed by atoms with Gasteiger partial charge in [-0.05, 0) is 74.1 Å². The minimum Gasteiger partial charge on any atom is -0.0810 e. The molecule has 0 nitrogen and oxygen atoms in total. The topological polar surface area (TPSA) is 0 Å². The fraction of sp³-hybridized carbons (Fsp3) is 0.125. The van der Waals surface area contributed by atoms with Crippen LogP contribution in [0, 0.1) is 5.92 Å². The second-order valence-corrected chi connectivity index (χ2v) is 9.40. The van der Waals surface area contributed by atoms with Crippen LogP contribution in [0.2, 0.25) is 0 Å². The molecule has 152 valence electrons. The highest BCUT2D eigenvalue weighted by Crippen LogP contribution is 2.63. The predicted octanol–water partition coefficient (Wildman–Crippen LogP) is 8.03. The van der Waals surface area contributed by atoms with Gasteiger partial charge in [-0.3, -0.25) is 0 Å². The third kappa shape index (κ3) is 2.17. The molecule has 2 atom stereocenters. The van der Waals surface area contributed by atoms with Crippen LogP contribution in [-0.2, 0) is 5.41 Å². The zero-order valence-corrected chi connectivity index (χ0v) is 18.2. The average Bonchev–Trinajstić information content (AvgIpc) is 3.31. The Hall–Kier alpha value is -3.64. The van der Waals surface area contributed by atoms with Gasteiger partial charge in [-0.25, -0.2) is 0 Å². The van der Waals surface area contributed by atoms with Gasteiger partial charge in [0.05, 0.1) is 5.41 Å². The molecular formula is C32H24. The fourth-order valence-electron chi connectivity index (χ4n) is 6.36. The van der Waals surface area contributed by atoms with Crippen LogP contribution in [0.15, 0.2) is 115 Å². The van der Waals surface area contributed by atoms with Crippen molar-refractivity contribution in [1.82, 2.24) is 0 Å². The molecule has 4 aromatic rings. The number of hydrogen-bond donors (Lipinski definition) is 0. The molecule has 32 heavy (non-hydrogen) atoms. The molecule has 0 heteroatoms. The third-order valence-corrected chi connectivity index (χ3v) is 7.65. The normalized spacial score (nSPS) is 22.0. The number of benzene rings is 4. The Kier molecular flexibility index (Phi) is 3.62. The molecule has 0 saturated heterocycles. The summed E-state index contributed by atoms with van der Waals surface area (Å²) in [5, 5.41) is 0. The molecule has 0 aliphatic heterocycles. The van der Waals surface area contributed by atoms with Crippen molar-refractivity contribution in [2.75, 3.05) is 0 Å². The Morgan fingerprint density at radius 3 is 2.09 bits per heavy atom. The van der Waals surface area contributed by atoms with Gasteiger partial charge in [0, 0.05) is 0 Å². The van der Waals surface area contributed by atoms with E-state index in [0.29, 0.717) is 5.92 Å². The highest BCUT2D eigenvalue weighted by atomic mass is 14.5. The van der Waals surface area contributed by atoms with E-state index >= 15 is 0 Å². The first-order valence-electron chi connectivity index (χ1n) is 11.6. The van der Waals surface area contributed by atoms with Gasteiger partial charge in [0.15, 0.2) is 0 Å². The van der Waals surface area contributed by atoms with Crippen LogP contribution in [0.5, 0.6) is 0 Å². The summed E-state index contributed by atoms with van der Waals surface area (Å²) in [5.41, 5.74) is 13.8. The number of rotatable bonds is 1. The zero-order chi connectivity index (χ0) is 21.3. The van der Waals surface area contributed by atoms with E-state index in [4.69, 9.17) is 0 Å². The minimum atomic E-state index is -0.223. The second kappa shape index (κ2) is 6.43. The Labute approximate surface area is 189 Å². The quantitative estimate of drug-likeness (QED) is 0.299. The molecule has 0 bridgehead atoms. The standard InChI is InChI=1S/C32H24/c1-21-15-18-30-27(19-21)25-12-6-8-14-29(25)32(30)28-13-7-5-11-24(28)26-17-16-23(20-31(26)32)22-9-3-2-4-10-22/h2-18,20-21H,19H2,1H3. The lowest BCUT2D eigenvalue weighted by Crippen LogP contribution is -2.27. The smallest absolute Gasteiger partial charge is 0.0722 e. The monoisotopic (exact) mass is 408 g/mol. The van der Waals surface area contributed by atoms with E-state index in [0.717, 1.165) is 6.42 Å². The first-order chi connectivity index (χ1) is 15.8. The second-order valence-electron chi connectivity index (χ2n) is 9.40. The van der Waals surface area contributed by atoms with Crippen LogP contribution in [0.1, 0.15) is 35.6 Å². The summed E-state index contributed by atoms with van der Waals surface area (Å²) in [4.78, 5) is 0.